The van der Waals surface area contributed by atoms with Crippen LogP contribution in [0.5, 0.6) is 0 Å². The first kappa shape index (κ1) is 15.4. The van der Waals surface area contributed by atoms with E-state index in [2.05, 4.69) is 39.0 Å². The van der Waals surface area contributed by atoms with Crippen molar-refractivity contribution >= 4 is 6.03 Å². The summed E-state index contributed by atoms with van der Waals surface area (Å²) >= 11 is 0. The Kier molecular flexibility index (Phi) is 3.97. The van der Waals surface area contributed by atoms with E-state index in [1.165, 1.54) is 5.69 Å². The second kappa shape index (κ2) is 6.43. The third-order valence-electron chi connectivity index (χ3n) is 4.65. The highest BCUT2D eigenvalue weighted by molar-refractivity contribution is 5.75. The van der Waals surface area contributed by atoms with Crippen molar-refractivity contribution in [2.24, 2.45) is 0 Å². The third-order valence-corrected chi connectivity index (χ3v) is 4.65. The second-order valence-corrected chi connectivity index (χ2v) is 6.11. The Labute approximate surface area is 145 Å². The number of carbonyl (C=O) groups excluding carboxylic acids is 1. The van der Waals surface area contributed by atoms with Gasteiger partial charge < -0.3 is 14.8 Å². The Morgan fingerprint density at radius 1 is 1.24 bits per heavy atom. The number of urea groups is 1. The van der Waals surface area contributed by atoms with Gasteiger partial charge in [0.15, 0.2) is 0 Å². The lowest BCUT2D eigenvalue weighted by Gasteiger charge is -2.34. The van der Waals surface area contributed by atoms with Crippen molar-refractivity contribution in [3.8, 4) is 5.82 Å². The van der Waals surface area contributed by atoms with E-state index in [1.807, 2.05) is 33.9 Å². The fourth-order valence-electron chi connectivity index (χ4n) is 3.31. The fraction of sp³-hybridized carbons (Fsp3) is 0.278. The van der Waals surface area contributed by atoms with E-state index in [4.69, 9.17) is 0 Å². The van der Waals surface area contributed by atoms with Crippen LogP contribution in [0.3, 0.4) is 0 Å². The molecule has 1 N–H and O–H groups in total. The highest BCUT2D eigenvalue weighted by Gasteiger charge is 2.27. The van der Waals surface area contributed by atoms with Crippen LogP contribution in [0.15, 0.2) is 55.4 Å². The molecule has 1 atom stereocenters. The van der Waals surface area contributed by atoms with Gasteiger partial charge in [-0.25, -0.2) is 14.8 Å². The Morgan fingerprint density at radius 3 is 3.00 bits per heavy atom. The molecule has 0 fully saturated rings. The van der Waals surface area contributed by atoms with Gasteiger partial charge in [0.2, 0.25) is 0 Å². The summed E-state index contributed by atoms with van der Waals surface area (Å²) in [7, 11) is 0. The van der Waals surface area contributed by atoms with Gasteiger partial charge in [-0.05, 0) is 25.1 Å². The van der Waals surface area contributed by atoms with E-state index in [-0.39, 0.29) is 12.1 Å². The lowest BCUT2D eigenvalue weighted by atomic mass is 10.1. The fourth-order valence-corrected chi connectivity index (χ4v) is 3.31. The standard InChI is InChI=1S/C18H20N6O/c1-14-16-5-3-8-22(16)10-11-24(14)18(25)21-12-15-4-2-6-20-17(15)23-9-7-19-13-23/h2-9,13-14H,10-12H2,1H3,(H,21,25). The van der Waals surface area contributed by atoms with Crippen LogP contribution in [0.25, 0.3) is 5.82 Å². The van der Waals surface area contributed by atoms with Crippen molar-refractivity contribution in [2.45, 2.75) is 26.1 Å². The second-order valence-electron chi connectivity index (χ2n) is 6.11. The lowest BCUT2D eigenvalue weighted by Crippen LogP contribution is -2.45. The van der Waals surface area contributed by atoms with Gasteiger partial charge in [-0.3, -0.25) is 4.57 Å². The lowest BCUT2D eigenvalue weighted by molar-refractivity contribution is 0.162. The average molecular weight is 336 g/mol. The highest BCUT2D eigenvalue weighted by Crippen LogP contribution is 2.25. The SMILES string of the molecule is CC1c2cccn2CCN1C(=O)NCc1cccnc1-n1ccnc1. The molecule has 3 aromatic heterocycles. The molecule has 25 heavy (non-hydrogen) atoms. The van der Waals surface area contributed by atoms with Gasteiger partial charge >= 0.3 is 6.03 Å². The first-order valence-corrected chi connectivity index (χ1v) is 8.36. The molecular formula is C18H20N6O. The predicted octanol–water partition coefficient (Wildman–Crippen LogP) is 2.36. The molecule has 7 heteroatoms. The van der Waals surface area contributed by atoms with Crippen LogP contribution >= 0.6 is 0 Å². The number of nitrogens with zero attached hydrogens (tertiary/aromatic N) is 5. The Balaban J connectivity index is 1.47. The maximum Gasteiger partial charge on any atom is 0.318 e. The van der Waals surface area contributed by atoms with E-state index >= 15 is 0 Å². The van der Waals surface area contributed by atoms with E-state index < -0.39 is 0 Å². The summed E-state index contributed by atoms with van der Waals surface area (Å²) in [5, 5.41) is 3.03. The number of aromatic nitrogens is 4. The van der Waals surface area contributed by atoms with Crippen molar-refractivity contribution in [1.82, 2.24) is 29.3 Å². The van der Waals surface area contributed by atoms with E-state index in [0.717, 1.165) is 17.9 Å². The molecule has 4 heterocycles. The maximum atomic E-state index is 12.7. The zero-order valence-electron chi connectivity index (χ0n) is 14.0. The van der Waals surface area contributed by atoms with Crippen molar-refractivity contribution < 1.29 is 4.79 Å². The first-order chi connectivity index (χ1) is 12.2. The molecule has 1 unspecified atom stereocenters. The van der Waals surface area contributed by atoms with Crippen LogP contribution in [0.4, 0.5) is 4.79 Å². The van der Waals surface area contributed by atoms with Crippen molar-refractivity contribution in [3.05, 3.63) is 66.6 Å². The van der Waals surface area contributed by atoms with E-state index in [0.29, 0.717) is 13.1 Å². The van der Waals surface area contributed by atoms with Gasteiger partial charge in [0, 0.05) is 55.7 Å². The molecule has 7 nitrogen and oxygen atoms in total. The normalized spacial score (nSPS) is 16.5. The van der Waals surface area contributed by atoms with Gasteiger partial charge in [0.25, 0.3) is 0 Å². The molecule has 0 saturated carbocycles. The zero-order valence-corrected chi connectivity index (χ0v) is 14.0. The van der Waals surface area contributed by atoms with Crippen LogP contribution in [0.1, 0.15) is 24.2 Å². The van der Waals surface area contributed by atoms with Gasteiger partial charge in [0.1, 0.15) is 12.1 Å². The minimum absolute atomic E-state index is 0.0552. The van der Waals surface area contributed by atoms with Gasteiger partial charge in [0.05, 0.1) is 6.04 Å². The minimum Gasteiger partial charge on any atom is -0.348 e. The summed E-state index contributed by atoms with van der Waals surface area (Å²) in [5.74, 6) is 0.779. The number of nitrogens with one attached hydrogen (secondary N) is 1. The van der Waals surface area contributed by atoms with Crippen LogP contribution in [-0.2, 0) is 13.1 Å². The van der Waals surface area contributed by atoms with Crippen molar-refractivity contribution in [2.75, 3.05) is 6.54 Å². The predicted molar refractivity (Wildman–Crippen MR) is 93.1 cm³/mol. The van der Waals surface area contributed by atoms with Gasteiger partial charge in [-0.1, -0.05) is 6.07 Å². The molecule has 0 bridgehead atoms. The molecule has 0 saturated heterocycles. The zero-order chi connectivity index (χ0) is 17.2. The Bertz CT molecular complexity index is 869. The van der Waals surface area contributed by atoms with Crippen molar-refractivity contribution in [3.63, 3.8) is 0 Å². The minimum atomic E-state index is -0.0552. The van der Waals surface area contributed by atoms with E-state index in [1.54, 1.807) is 18.7 Å². The third kappa shape index (κ3) is 2.88. The molecule has 2 amide bonds. The largest absolute Gasteiger partial charge is 0.348 e. The molecule has 0 aliphatic carbocycles. The smallest absolute Gasteiger partial charge is 0.318 e. The number of imidazole rings is 1. The molecule has 128 valence electrons. The maximum absolute atomic E-state index is 12.7. The summed E-state index contributed by atoms with van der Waals surface area (Å²) < 4.78 is 4.05. The summed E-state index contributed by atoms with van der Waals surface area (Å²) in [6.45, 7) is 4.01. The van der Waals surface area contributed by atoms with E-state index in [9.17, 15) is 4.79 Å². The number of amides is 2. The number of fused-ring (bicyclic) bond motifs is 1. The summed E-state index contributed by atoms with van der Waals surface area (Å²) in [6, 6.07) is 7.94. The number of hydrogen-bond acceptors (Lipinski definition) is 3. The van der Waals surface area contributed by atoms with Gasteiger partial charge in [-0.2, -0.15) is 0 Å². The quantitative estimate of drug-likeness (QED) is 0.798. The van der Waals surface area contributed by atoms with Gasteiger partial charge in [-0.15, -0.1) is 0 Å². The number of hydrogen-bond donors (Lipinski definition) is 1. The van der Waals surface area contributed by atoms with Crippen LogP contribution in [0.2, 0.25) is 0 Å². The molecule has 0 aromatic carbocycles. The molecule has 0 radical (unpaired) electrons. The van der Waals surface area contributed by atoms with Crippen LogP contribution < -0.4 is 5.32 Å². The molecule has 4 rings (SSSR count). The monoisotopic (exact) mass is 336 g/mol. The highest BCUT2D eigenvalue weighted by atomic mass is 16.2. The topological polar surface area (TPSA) is 68.0 Å². The molecule has 1 aliphatic rings. The van der Waals surface area contributed by atoms with Crippen LogP contribution in [-0.4, -0.2) is 36.6 Å². The van der Waals surface area contributed by atoms with Crippen molar-refractivity contribution in [1.29, 1.82) is 0 Å². The first-order valence-electron chi connectivity index (χ1n) is 8.36. The number of rotatable bonds is 3. The number of pyridine rings is 1. The molecular weight excluding hydrogens is 316 g/mol. The Hall–Kier alpha value is -3.09. The van der Waals surface area contributed by atoms with Crippen LogP contribution in [0, 0.1) is 0 Å². The molecule has 3 aromatic rings. The summed E-state index contributed by atoms with van der Waals surface area (Å²) in [5.41, 5.74) is 2.11. The molecule has 1 aliphatic heterocycles. The average Bonchev–Trinajstić information content (AvgIpc) is 3.32. The summed E-state index contributed by atoms with van der Waals surface area (Å²) in [4.78, 5) is 23.0. The number of carbonyl (C=O) groups is 1. The Morgan fingerprint density at radius 2 is 2.16 bits per heavy atom. The summed E-state index contributed by atoms with van der Waals surface area (Å²) in [6.07, 6.45) is 9.06. The molecule has 0 spiro atoms.